The van der Waals surface area contributed by atoms with Gasteiger partial charge in [0.25, 0.3) is 5.69 Å². The van der Waals surface area contributed by atoms with Crippen molar-refractivity contribution in [3.63, 3.8) is 0 Å². The molecule has 1 spiro atoms. The molecule has 2 N–H and O–H groups in total. The Morgan fingerprint density at radius 2 is 2.05 bits per heavy atom. The first-order valence-corrected chi connectivity index (χ1v) is 7.70. The second-order valence-corrected chi connectivity index (χ2v) is 6.45. The van der Waals surface area contributed by atoms with Gasteiger partial charge in [0.15, 0.2) is 0 Å². The summed E-state index contributed by atoms with van der Waals surface area (Å²) in [6.07, 6.45) is 7.08. The van der Waals surface area contributed by atoms with E-state index in [2.05, 4.69) is 0 Å². The highest BCUT2D eigenvalue weighted by molar-refractivity contribution is 5.44. The van der Waals surface area contributed by atoms with Crippen LogP contribution in [0.1, 0.15) is 44.1 Å². The molecule has 2 atom stereocenters. The lowest BCUT2D eigenvalue weighted by Gasteiger charge is -2.56. The van der Waals surface area contributed by atoms with E-state index in [1.165, 1.54) is 25.3 Å². The number of nitro groups is 1. The Balaban J connectivity index is 1.75. The normalized spacial score (nSPS) is 27.1. The molecule has 1 aromatic rings. The second-order valence-electron chi connectivity index (χ2n) is 6.45. The summed E-state index contributed by atoms with van der Waals surface area (Å²) >= 11 is 0. The molecule has 1 aromatic carbocycles. The third-order valence-electron chi connectivity index (χ3n) is 5.28. The Kier molecular flexibility index (Phi) is 3.61. The predicted octanol–water partition coefficient (Wildman–Crippen LogP) is 3.33. The fourth-order valence-corrected chi connectivity index (χ4v) is 3.92. The number of aryl methyl sites for hydroxylation is 1. The molecule has 5 nitrogen and oxygen atoms in total. The van der Waals surface area contributed by atoms with E-state index in [1.54, 1.807) is 19.1 Å². The molecule has 0 aliphatic heterocycles. The first-order chi connectivity index (χ1) is 10.0. The molecular formula is C16H22N2O3. The average Bonchev–Trinajstić information content (AvgIpc) is 2.47. The summed E-state index contributed by atoms with van der Waals surface area (Å²) in [5.74, 6) is 0.722. The smallest absolute Gasteiger partial charge is 0.272 e. The first kappa shape index (κ1) is 14.3. The molecular weight excluding hydrogens is 268 g/mol. The highest BCUT2D eigenvalue weighted by atomic mass is 16.6. The molecule has 2 saturated carbocycles. The maximum atomic E-state index is 10.9. The number of hydrogen-bond acceptors (Lipinski definition) is 4. The van der Waals surface area contributed by atoms with Crippen molar-refractivity contribution in [2.75, 3.05) is 0 Å². The van der Waals surface area contributed by atoms with Gasteiger partial charge in [-0.15, -0.1) is 0 Å². The van der Waals surface area contributed by atoms with Crippen LogP contribution in [0.5, 0.6) is 5.75 Å². The van der Waals surface area contributed by atoms with Gasteiger partial charge < -0.3 is 10.5 Å². The van der Waals surface area contributed by atoms with E-state index in [1.807, 2.05) is 0 Å². The number of hydrogen-bond donors (Lipinski definition) is 1. The Hall–Kier alpha value is -1.62. The number of nitro benzene ring substituents is 1. The molecule has 2 aliphatic carbocycles. The topological polar surface area (TPSA) is 78.4 Å². The molecule has 5 heteroatoms. The number of nitrogens with two attached hydrogens (primary N) is 1. The van der Waals surface area contributed by atoms with Gasteiger partial charge in [0.2, 0.25) is 0 Å². The molecule has 0 saturated heterocycles. The van der Waals surface area contributed by atoms with E-state index >= 15 is 0 Å². The van der Waals surface area contributed by atoms with Crippen molar-refractivity contribution in [3.8, 4) is 5.75 Å². The van der Waals surface area contributed by atoms with Crippen LogP contribution in [0.4, 0.5) is 5.69 Å². The monoisotopic (exact) mass is 290 g/mol. The maximum Gasteiger partial charge on any atom is 0.272 e. The minimum atomic E-state index is -0.360. The molecule has 0 radical (unpaired) electrons. The molecule has 0 aromatic heterocycles. The van der Waals surface area contributed by atoms with Crippen LogP contribution in [-0.4, -0.2) is 17.1 Å². The lowest BCUT2D eigenvalue weighted by atomic mass is 9.55. The zero-order valence-corrected chi connectivity index (χ0v) is 12.4. The van der Waals surface area contributed by atoms with Gasteiger partial charge in [-0.1, -0.05) is 19.3 Å². The Labute approximate surface area is 124 Å². The van der Waals surface area contributed by atoms with Crippen LogP contribution in [0.2, 0.25) is 0 Å². The lowest BCUT2D eigenvalue weighted by Crippen LogP contribution is -2.64. The molecule has 0 bridgehead atoms. The molecule has 0 amide bonds. The van der Waals surface area contributed by atoms with Crippen molar-refractivity contribution in [2.24, 2.45) is 11.1 Å². The third kappa shape index (κ3) is 2.39. The van der Waals surface area contributed by atoms with Gasteiger partial charge in [-0.2, -0.15) is 0 Å². The minimum Gasteiger partial charge on any atom is -0.490 e. The third-order valence-corrected chi connectivity index (χ3v) is 5.28. The zero-order valence-electron chi connectivity index (χ0n) is 12.4. The molecule has 21 heavy (non-hydrogen) atoms. The highest BCUT2D eigenvalue weighted by Gasteiger charge is 2.54. The van der Waals surface area contributed by atoms with Gasteiger partial charge in [0, 0.05) is 29.5 Å². The largest absolute Gasteiger partial charge is 0.490 e. The number of benzene rings is 1. The number of rotatable bonds is 3. The van der Waals surface area contributed by atoms with Gasteiger partial charge in [-0.25, -0.2) is 0 Å². The van der Waals surface area contributed by atoms with Crippen molar-refractivity contribution >= 4 is 5.69 Å². The van der Waals surface area contributed by atoms with Gasteiger partial charge in [0.1, 0.15) is 11.9 Å². The van der Waals surface area contributed by atoms with Crippen molar-refractivity contribution in [3.05, 3.63) is 33.9 Å². The fraction of sp³-hybridized carbons (Fsp3) is 0.625. The van der Waals surface area contributed by atoms with E-state index in [0.717, 1.165) is 25.0 Å². The van der Waals surface area contributed by atoms with Crippen LogP contribution >= 0.6 is 0 Å². The molecule has 3 rings (SSSR count). The second kappa shape index (κ2) is 5.30. The Morgan fingerprint density at radius 1 is 1.33 bits per heavy atom. The van der Waals surface area contributed by atoms with Gasteiger partial charge in [-0.05, 0) is 31.9 Å². The molecule has 0 heterocycles. The Morgan fingerprint density at radius 3 is 2.62 bits per heavy atom. The van der Waals surface area contributed by atoms with E-state index in [-0.39, 0.29) is 28.2 Å². The Bertz CT molecular complexity index is 552. The average molecular weight is 290 g/mol. The summed E-state index contributed by atoms with van der Waals surface area (Å²) in [5, 5.41) is 10.9. The summed E-state index contributed by atoms with van der Waals surface area (Å²) in [5.41, 5.74) is 7.17. The summed E-state index contributed by atoms with van der Waals surface area (Å²) in [7, 11) is 0. The summed E-state index contributed by atoms with van der Waals surface area (Å²) in [6, 6.07) is 5.22. The predicted molar refractivity (Wildman–Crippen MR) is 80.4 cm³/mol. The minimum absolute atomic E-state index is 0.133. The zero-order chi connectivity index (χ0) is 15.0. The van der Waals surface area contributed by atoms with E-state index in [0.29, 0.717) is 5.56 Å². The van der Waals surface area contributed by atoms with Crippen LogP contribution in [0.25, 0.3) is 0 Å². The van der Waals surface area contributed by atoms with E-state index < -0.39 is 0 Å². The lowest BCUT2D eigenvalue weighted by molar-refractivity contribution is -0.385. The van der Waals surface area contributed by atoms with E-state index in [9.17, 15) is 10.1 Å². The van der Waals surface area contributed by atoms with Crippen LogP contribution in [-0.2, 0) is 0 Å². The van der Waals surface area contributed by atoms with E-state index in [4.69, 9.17) is 10.5 Å². The van der Waals surface area contributed by atoms with Gasteiger partial charge >= 0.3 is 0 Å². The standard InChI is InChI=1S/C16H22N2O3/c1-11-9-12(5-6-13(11)18(19)20)21-15-10-14(17)16(15)7-3-2-4-8-16/h5-6,9,14-15H,2-4,7-8,10,17H2,1H3. The summed E-state index contributed by atoms with van der Waals surface area (Å²) < 4.78 is 6.13. The van der Waals surface area contributed by atoms with Crippen LogP contribution in [0, 0.1) is 22.5 Å². The van der Waals surface area contributed by atoms with Gasteiger partial charge in [0.05, 0.1) is 4.92 Å². The van der Waals surface area contributed by atoms with Crippen LogP contribution in [0.3, 0.4) is 0 Å². The first-order valence-electron chi connectivity index (χ1n) is 7.70. The molecule has 114 valence electrons. The SMILES string of the molecule is Cc1cc(OC2CC(N)C23CCCCC3)ccc1[N+](=O)[O-]. The van der Waals surface area contributed by atoms with Gasteiger partial charge in [-0.3, -0.25) is 10.1 Å². The maximum absolute atomic E-state index is 10.9. The van der Waals surface area contributed by atoms with Crippen molar-refractivity contribution in [1.82, 2.24) is 0 Å². The summed E-state index contributed by atoms with van der Waals surface area (Å²) in [4.78, 5) is 10.5. The van der Waals surface area contributed by atoms with Crippen LogP contribution in [0.15, 0.2) is 18.2 Å². The molecule has 2 aliphatic rings. The number of nitrogens with zero attached hydrogens (tertiary/aromatic N) is 1. The van der Waals surface area contributed by atoms with Crippen LogP contribution < -0.4 is 10.5 Å². The molecule has 2 unspecified atom stereocenters. The molecule has 2 fully saturated rings. The van der Waals surface area contributed by atoms with Crippen molar-refractivity contribution in [1.29, 1.82) is 0 Å². The highest BCUT2D eigenvalue weighted by Crippen LogP contribution is 2.52. The fourth-order valence-electron chi connectivity index (χ4n) is 3.92. The van der Waals surface area contributed by atoms with Crippen molar-refractivity contribution < 1.29 is 9.66 Å². The quantitative estimate of drug-likeness (QED) is 0.684. The number of ether oxygens (including phenoxy) is 1. The van der Waals surface area contributed by atoms with Crippen molar-refractivity contribution in [2.45, 2.75) is 57.6 Å². The summed E-state index contributed by atoms with van der Waals surface area (Å²) in [6.45, 7) is 1.74.